The van der Waals surface area contributed by atoms with Gasteiger partial charge < -0.3 is 14.3 Å². The average Bonchev–Trinajstić information content (AvgIpc) is 4.01. The van der Waals surface area contributed by atoms with Gasteiger partial charge in [-0.1, -0.05) is 166 Å². The first-order valence-electron chi connectivity index (χ1n) is 22.7. The molecule has 0 aliphatic rings. The van der Waals surface area contributed by atoms with Crippen molar-refractivity contribution in [3.8, 4) is 22.3 Å². The Morgan fingerprint density at radius 3 is 1.91 bits per heavy atom. The number of hydrogen-bond acceptors (Lipinski definition) is 2. The molecule has 0 amide bonds. The van der Waals surface area contributed by atoms with Crippen molar-refractivity contribution in [3.63, 3.8) is 0 Å². The van der Waals surface area contributed by atoms with Crippen LogP contribution in [-0.2, 0) is 6.54 Å². The molecular formula is C60H49N5. The van der Waals surface area contributed by atoms with Crippen LogP contribution in [0.3, 0.4) is 0 Å². The second-order valence-electron chi connectivity index (χ2n) is 16.7. The van der Waals surface area contributed by atoms with E-state index >= 15 is 0 Å². The van der Waals surface area contributed by atoms with E-state index in [0.717, 1.165) is 44.3 Å². The molecule has 1 unspecified atom stereocenters. The number of aryl methyl sites for hydroxylation is 2. The molecule has 0 saturated heterocycles. The van der Waals surface area contributed by atoms with Crippen molar-refractivity contribution >= 4 is 83.2 Å². The quantitative estimate of drug-likeness (QED) is 0.120. The van der Waals surface area contributed by atoms with Crippen LogP contribution in [-0.4, -0.2) is 21.5 Å². The van der Waals surface area contributed by atoms with Crippen molar-refractivity contribution in [3.05, 3.63) is 210 Å². The van der Waals surface area contributed by atoms with Crippen LogP contribution in [0.2, 0.25) is 0 Å². The summed E-state index contributed by atoms with van der Waals surface area (Å²) in [6, 6.07) is 67.8. The first-order chi connectivity index (χ1) is 32.1. The minimum atomic E-state index is -0.510. The van der Waals surface area contributed by atoms with Gasteiger partial charge in [0.2, 0.25) is 6.29 Å². The third kappa shape index (κ3) is 6.45. The molecule has 1 N–H and O–H groups in total. The lowest BCUT2D eigenvalue weighted by Gasteiger charge is -2.21. The van der Waals surface area contributed by atoms with Gasteiger partial charge in [0.05, 0.1) is 34.1 Å². The molecule has 5 nitrogen and oxygen atoms in total. The fourth-order valence-corrected chi connectivity index (χ4v) is 10.2. The first kappa shape index (κ1) is 39.8. The molecular weight excluding hydrogens is 791 g/mol. The Hall–Kier alpha value is -8.02. The third-order valence-corrected chi connectivity index (χ3v) is 13.1. The van der Waals surface area contributed by atoms with Gasteiger partial charge >= 0.3 is 0 Å². The summed E-state index contributed by atoms with van der Waals surface area (Å²) in [6.07, 6.45) is -0.510. The Morgan fingerprint density at radius 1 is 0.523 bits per heavy atom. The van der Waals surface area contributed by atoms with Gasteiger partial charge in [0.1, 0.15) is 5.84 Å². The molecule has 0 spiro atoms. The van der Waals surface area contributed by atoms with Gasteiger partial charge in [-0.05, 0) is 107 Å². The molecule has 0 radical (unpaired) electrons. The summed E-state index contributed by atoms with van der Waals surface area (Å²) in [4.78, 5) is 9.78. The second-order valence-corrected chi connectivity index (χ2v) is 16.7. The van der Waals surface area contributed by atoms with E-state index in [1.54, 1.807) is 0 Å². The highest BCUT2D eigenvalue weighted by Gasteiger charge is 2.22. The molecule has 12 rings (SSSR count). The number of aliphatic imine (C=N–C) groups is 2. The molecule has 0 aliphatic heterocycles. The van der Waals surface area contributed by atoms with Crippen LogP contribution < -0.4 is 5.32 Å². The number of benzene rings is 9. The summed E-state index contributed by atoms with van der Waals surface area (Å²) in [5.74, 6) is 0.764. The van der Waals surface area contributed by atoms with Crippen molar-refractivity contribution in [2.75, 3.05) is 0 Å². The highest BCUT2D eigenvalue weighted by atomic mass is 15.3. The fourth-order valence-electron chi connectivity index (χ4n) is 10.2. The SMILES string of the molecule is C=NC(NC(=NCc1ccccc1)c1ccccc1)n1c2ccccc2c2cc(-c3ccc(C)c(-c4c(C)ccc5c4ccc4c5c5cccc6c7ccccc7n4c65)c3)ccc21.CC. The van der Waals surface area contributed by atoms with E-state index < -0.39 is 6.29 Å². The summed E-state index contributed by atoms with van der Waals surface area (Å²) in [5.41, 5.74) is 15.5. The van der Waals surface area contributed by atoms with Crippen molar-refractivity contribution in [2.24, 2.45) is 9.98 Å². The largest absolute Gasteiger partial charge is 0.331 e. The minimum Gasteiger partial charge on any atom is -0.331 e. The maximum atomic E-state index is 5.09. The van der Waals surface area contributed by atoms with Crippen molar-refractivity contribution in [2.45, 2.75) is 40.5 Å². The Morgan fingerprint density at radius 2 is 1.12 bits per heavy atom. The van der Waals surface area contributed by atoms with Gasteiger partial charge in [-0.2, -0.15) is 0 Å². The molecule has 0 saturated carbocycles. The predicted octanol–water partition coefficient (Wildman–Crippen LogP) is 15.5. The molecule has 0 aliphatic carbocycles. The molecule has 5 heteroatoms. The number of rotatable bonds is 8. The van der Waals surface area contributed by atoms with Gasteiger partial charge in [0.15, 0.2) is 0 Å². The number of nitrogens with zero attached hydrogens (tertiary/aromatic N) is 4. The summed E-state index contributed by atoms with van der Waals surface area (Å²) < 4.78 is 4.72. The van der Waals surface area contributed by atoms with E-state index in [4.69, 9.17) is 9.98 Å². The monoisotopic (exact) mass is 839 g/mol. The van der Waals surface area contributed by atoms with Crippen LogP contribution >= 0.6 is 0 Å². The molecule has 0 bridgehead atoms. The predicted molar refractivity (Wildman–Crippen MR) is 278 cm³/mol. The zero-order chi connectivity index (χ0) is 44.2. The van der Waals surface area contributed by atoms with Crippen LogP contribution in [0.1, 0.15) is 42.4 Å². The van der Waals surface area contributed by atoms with Crippen molar-refractivity contribution in [1.29, 1.82) is 0 Å². The Balaban J connectivity index is 0.00000231. The van der Waals surface area contributed by atoms with E-state index in [2.05, 4.69) is 187 Å². The zero-order valence-electron chi connectivity index (χ0n) is 37.2. The van der Waals surface area contributed by atoms with Crippen LogP contribution in [0.4, 0.5) is 0 Å². The number of aromatic nitrogens is 2. The summed E-state index contributed by atoms with van der Waals surface area (Å²) >= 11 is 0. The van der Waals surface area contributed by atoms with E-state index in [1.807, 2.05) is 50.2 Å². The lowest BCUT2D eigenvalue weighted by Crippen LogP contribution is -2.32. The molecule has 9 aromatic carbocycles. The van der Waals surface area contributed by atoms with Crippen LogP contribution in [0.25, 0.3) is 92.9 Å². The smallest absolute Gasteiger partial charge is 0.201 e. The van der Waals surface area contributed by atoms with Gasteiger partial charge in [-0.15, -0.1) is 0 Å². The number of nitrogens with one attached hydrogen (secondary N) is 1. The van der Waals surface area contributed by atoms with Gasteiger partial charge in [0.25, 0.3) is 0 Å². The number of fused-ring (bicyclic) bond motifs is 11. The number of para-hydroxylation sites is 3. The van der Waals surface area contributed by atoms with Crippen molar-refractivity contribution < 1.29 is 0 Å². The molecule has 314 valence electrons. The molecule has 3 heterocycles. The summed E-state index contributed by atoms with van der Waals surface area (Å²) in [6.45, 7) is 13.1. The minimum absolute atomic E-state index is 0.510. The Kier molecular flexibility index (Phi) is 9.96. The van der Waals surface area contributed by atoms with E-state index in [0.29, 0.717) is 6.54 Å². The summed E-state index contributed by atoms with van der Waals surface area (Å²) in [5, 5.41) is 13.8. The maximum Gasteiger partial charge on any atom is 0.201 e. The first-order valence-corrected chi connectivity index (χ1v) is 22.7. The van der Waals surface area contributed by atoms with Crippen LogP contribution in [0.5, 0.6) is 0 Å². The Labute approximate surface area is 379 Å². The molecule has 65 heavy (non-hydrogen) atoms. The molecule has 1 atom stereocenters. The van der Waals surface area contributed by atoms with E-state index in [1.165, 1.54) is 76.7 Å². The van der Waals surface area contributed by atoms with Gasteiger partial charge in [-0.3, -0.25) is 9.98 Å². The lowest BCUT2D eigenvalue weighted by molar-refractivity contribution is 0.524. The fraction of sp³-hybridized carbons (Fsp3) is 0.100. The normalized spacial score (nSPS) is 12.5. The van der Waals surface area contributed by atoms with Gasteiger partial charge in [-0.25, -0.2) is 0 Å². The lowest BCUT2D eigenvalue weighted by atomic mass is 9.88. The van der Waals surface area contributed by atoms with E-state index in [9.17, 15) is 0 Å². The highest BCUT2D eigenvalue weighted by molar-refractivity contribution is 6.29. The average molecular weight is 840 g/mol. The number of hydrogen-bond donors (Lipinski definition) is 1. The van der Waals surface area contributed by atoms with Crippen LogP contribution in [0.15, 0.2) is 198 Å². The highest BCUT2D eigenvalue weighted by Crippen LogP contribution is 2.45. The standard InChI is InChI=1S/C58H43N5.C2H6/c1-36-25-27-40(33-48(36)54-37(2)26-29-45-44(54)30-32-53-55(45)47-22-14-21-46-42-19-10-12-23-50(42)62(53)56(46)47)41-28-31-52-49(34-41)43-20-11-13-24-51(43)63(52)58(59-3)61-57(39-17-8-5-9-18-39)60-35-38-15-6-4-7-16-38;1-2/h4-34,58H,3,35H2,1-2H3,(H,60,61);1-2H3. The molecule has 12 aromatic rings. The third-order valence-electron chi connectivity index (χ3n) is 13.1. The Bertz CT molecular complexity index is 3780. The maximum absolute atomic E-state index is 5.09. The second kappa shape index (κ2) is 16.3. The summed E-state index contributed by atoms with van der Waals surface area (Å²) in [7, 11) is 0. The molecule has 3 aromatic heterocycles. The number of amidine groups is 1. The van der Waals surface area contributed by atoms with Gasteiger partial charge in [0, 0.05) is 37.9 Å². The zero-order valence-corrected chi connectivity index (χ0v) is 37.2. The van der Waals surface area contributed by atoms with Crippen molar-refractivity contribution in [1.82, 2.24) is 14.3 Å². The van der Waals surface area contributed by atoms with Crippen LogP contribution in [0, 0.1) is 13.8 Å². The topological polar surface area (TPSA) is 46.1 Å². The molecule has 0 fully saturated rings. The van der Waals surface area contributed by atoms with E-state index in [-0.39, 0.29) is 0 Å².